The van der Waals surface area contributed by atoms with E-state index < -0.39 is 0 Å². The lowest BCUT2D eigenvalue weighted by atomic mass is 10.3. The molecule has 2 rings (SSSR count). The number of hydrogen-bond acceptors (Lipinski definition) is 4. The minimum atomic E-state index is -0.184. The molecule has 1 heterocycles. The van der Waals surface area contributed by atoms with Crippen LogP contribution in [-0.2, 0) is 11.3 Å². The molecule has 0 bridgehead atoms. The van der Waals surface area contributed by atoms with Crippen molar-refractivity contribution in [1.29, 1.82) is 0 Å². The second kappa shape index (κ2) is 7.13. The zero-order valence-electron chi connectivity index (χ0n) is 11.2. The Bertz CT molecular complexity index is 558. The molecule has 0 atom stereocenters. The first-order valence-electron chi connectivity index (χ1n) is 6.20. The van der Waals surface area contributed by atoms with Gasteiger partial charge in [0, 0.05) is 25.0 Å². The van der Waals surface area contributed by atoms with Crippen molar-refractivity contribution in [2.75, 3.05) is 13.7 Å². The van der Waals surface area contributed by atoms with E-state index in [1.54, 1.807) is 31.6 Å². The third-order valence-electron chi connectivity index (χ3n) is 2.62. The fourth-order valence-electron chi connectivity index (χ4n) is 1.59. The van der Waals surface area contributed by atoms with Gasteiger partial charge in [0.25, 0.3) is 5.91 Å². The van der Waals surface area contributed by atoms with Crippen LogP contribution in [0.25, 0.3) is 0 Å². The molecule has 0 aliphatic rings. The lowest BCUT2D eigenvalue weighted by Gasteiger charge is -2.08. The summed E-state index contributed by atoms with van der Waals surface area (Å²) < 4.78 is 10.5. The van der Waals surface area contributed by atoms with Gasteiger partial charge in [-0.05, 0) is 23.8 Å². The number of methoxy groups -OCH3 is 1. The molecule has 0 unspecified atom stereocenters. The summed E-state index contributed by atoms with van der Waals surface area (Å²) in [4.78, 5) is 15.6. The van der Waals surface area contributed by atoms with Crippen molar-refractivity contribution >= 4 is 5.91 Å². The number of nitrogens with one attached hydrogen (secondary N) is 1. The maximum atomic E-state index is 11.7. The Morgan fingerprint density at radius 1 is 1.25 bits per heavy atom. The molecule has 1 amide bonds. The Kier molecular flexibility index (Phi) is 4.94. The van der Waals surface area contributed by atoms with E-state index in [0.29, 0.717) is 18.0 Å². The molecule has 20 heavy (non-hydrogen) atoms. The van der Waals surface area contributed by atoms with Crippen molar-refractivity contribution in [3.8, 4) is 11.5 Å². The van der Waals surface area contributed by atoms with E-state index in [-0.39, 0.29) is 12.5 Å². The SMILES string of the molecule is COc1cccc(OCC(=O)NCc2cccnc2)c1. The minimum Gasteiger partial charge on any atom is -0.497 e. The number of benzene rings is 1. The van der Waals surface area contributed by atoms with E-state index in [2.05, 4.69) is 10.3 Å². The van der Waals surface area contributed by atoms with E-state index in [1.807, 2.05) is 24.3 Å². The third-order valence-corrected chi connectivity index (χ3v) is 2.62. The number of nitrogens with zero attached hydrogens (tertiary/aromatic N) is 1. The largest absolute Gasteiger partial charge is 0.497 e. The summed E-state index contributed by atoms with van der Waals surface area (Å²) in [6.07, 6.45) is 3.40. The molecule has 1 N–H and O–H groups in total. The number of hydrogen-bond donors (Lipinski definition) is 1. The Balaban J connectivity index is 1.77. The van der Waals surface area contributed by atoms with E-state index >= 15 is 0 Å². The third kappa shape index (κ3) is 4.28. The van der Waals surface area contributed by atoms with Crippen molar-refractivity contribution in [2.45, 2.75) is 6.54 Å². The van der Waals surface area contributed by atoms with E-state index in [0.717, 1.165) is 5.56 Å². The second-order valence-electron chi connectivity index (χ2n) is 4.11. The number of carbonyl (C=O) groups is 1. The van der Waals surface area contributed by atoms with Crippen molar-refractivity contribution in [3.63, 3.8) is 0 Å². The smallest absolute Gasteiger partial charge is 0.258 e. The maximum absolute atomic E-state index is 11.7. The topological polar surface area (TPSA) is 60.5 Å². The van der Waals surface area contributed by atoms with Crippen LogP contribution in [-0.4, -0.2) is 24.6 Å². The summed E-state index contributed by atoms with van der Waals surface area (Å²) >= 11 is 0. The summed E-state index contributed by atoms with van der Waals surface area (Å²) in [5.41, 5.74) is 0.947. The summed E-state index contributed by atoms with van der Waals surface area (Å²) in [6.45, 7) is 0.404. The quantitative estimate of drug-likeness (QED) is 0.871. The fraction of sp³-hybridized carbons (Fsp3) is 0.200. The van der Waals surface area contributed by atoms with Crippen molar-refractivity contribution in [2.24, 2.45) is 0 Å². The molecule has 104 valence electrons. The summed E-state index contributed by atoms with van der Waals surface area (Å²) in [5, 5.41) is 2.76. The van der Waals surface area contributed by atoms with Gasteiger partial charge in [-0.15, -0.1) is 0 Å². The minimum absolute atomic E-state index is 0.0343. The van der Waals surface area contributed by atoms with Crippen LogP contribution in [0.4, 0.5) is 0 Å². The maximum Gasteiger partial charge on any atom is 0.258 e. The average Bonchev–Trinajstić information content (AvgIpc) is 2.52. The van der Waals surface area contributed by atoms with Crippen LogP contribution in [0, 0.1) is 0 Å². The average molecular weight is 272 g/mol. The lowest BCUT2D eigenvalue weighted by molar-refractivity contribution is -0.123. The van der Waals surface area contributed by atoms with Crippen molar-refractivity contribution in [1.82, 2.24) is 10.3 Å². The number of carbonyl (C=O) groups excluding carboxylic acids is 1. The van der Waals surface area contributed by atoms with Gasteiger partial charge in [-0.25, -0.2) is 0 Å². The predicted octanol–water partition coefficient (Wildman–Crippen LogP) is 1.79. The number of amides is 1. The van der Waals surface area contributed by atoms with Crippen LogP contribution in [0.1, 0.15) is 5.56 Å². The zero-order valence-corrected chi connectivity index (χ0v) is 11.2. The van der Waals surface area contributed by atoms with Crippen LogP contribution >= 0.6 is 0 Å². The zero-order chi connectivity index (χ0) is 14.2. The molecular formula is C15H16N2O3. The highest BCUT2D eigenvalue weighted by Gasteiger charge is 2.03. The number of aromatic nitrogens is 1. The highest BCUT2D eigenvalue weighted by molar-refractivity contribution is 5.77. The fourth-order valence-corrected chi connectivity index (χ4v) is 1.59. The van der Waals surface area contributed by atoms with E-state index in [4.69, 9.17) is 9.47 Å². The first-order chi connectivity index (χ1) is 9.78. The summed E-state index contributed by atoms with van der Waals surface area (Å²) in [5.74, 6) is 1.11. The van der Waals surface area contributed by atoms with Gasteiger partial charge in [-0.3, -0.25) is 9.78 Å². The molecule has 0 fully saturated rings. The van der Waals surface area contributed by atoms with Gasteiger partial charge in [-0.2, -0.15) is 0 Å². The van der Waals surface area contributed by atoms with Gasteiger partial charge in [0.1, 0.15) is 11.5 Å². The van der Waals surface area contributed by atoms with Gasteiger partial charge in [0.15, 0.2) is 6.61 Å². The molecule has 1 aromatic carbocycles. The summed E-state index contributed by atoms with van der Waals surface area (Å²) in [6, 6.07) is 10.9. The number of pyridine rings is 1. The van der Waals surface area contributed by atoms with Crippen molar-refractivity contribution in [3.05, 3.63) is 54.4 Å². The van der Waals surface area contributed by atoms with Gasteiger partial charge in [-0.1, -0.05) is 12.1 Å². The monoisotopic (exact) mass is 272 g/mol. The van der Waals surface area contributed by atoms with Crippen LogP contribution in [0.2, 0.25) is 0 Å². The molecule has 0 spiro atoms. The predicted molar refractivity (Wildman–Crippen MR) is 74.6 cm³/mol. The molecule has 0 radical (unpaired) electrons. The van der Waals surface area contributed by atoms with Crippen molar-refractivity contribution < 1.29 is 14.3 Å². The van der Waals surface area contributed by atoms with Gasteiger partial charge in [0.05, 0.1) is 7.11 Å². The highest BCUT2D eigenvalue weighted by Crippen LogP contribution is 2.18. The van der Waals surface area contributed by atoms with Crippen LogP contribution in [0.15, 0.2) is 48.8 Å². The van der Waals surface area contributed by atoms with Crippen LogP contribution in [0.3, 0.4) is 0 Å². The molecule has 1 aromatic heterocycles. The standard InChI is InChI=1S/C15H16N2O3/c1-19-13-5-2-6-14(8-13)20-11-15(18)17-10-12-4-3-7-16-9-12/h2-9H,10-11H2,1H3,(H,17,18). The Morgan fingerprint density at radius 3 is 2.85 bits per heavy atom. The van der Waals surface area contributed by atoms with Gasteiger partial charge in [0.2, 0.25) is 0 Å². The number of ether oxygens (including phenoxy) is 2. The summed E-state index contributed by atoms with van der Waals surface area (Å²) in [7, 11) is 1.58. The molecular weight excluding hydrogens is 256 g/mol. The molecule has 5 nitrogen and oxygen atoms in total. The Labute approximate surface area is 117 Å². The molecule has 0 saturated carbocycles. The Hall–Kier alpha value is -2.56. The Morgan fingerprint density at radius 2 is 2.10 bits per heavy atom. The first-order valence-corrected chi connectivity index (χ1v) is 6.20. The molecule has 0 aliphatic heterocycles. The molecule has 0 saturated heterocycles. The number of rotatable bonds is 6. The van der Waals surface area contributed by atoms with Crippen LogP contribution < -0.4 is 14.8 Å². The molecule has 2 aromatic rings. The second-order valence-corrected chi connectivity index (χ2v) is 4.11. The van der Waals surface area contributed by atoms with Gasteiger partial charge < -0.3 is 14.8 Å². The molecule has 5 heteroatoms. The van der Waals surface area contributed by atoms with E-state index in [1.165, 1.54) is 0 Å². The first kappa shape index (κ1) is 13.9. The normalized spacial score (nSPS) is 9.85. The van der Waals surface area contributed by atoms with Gasteiger partial charge >= 0.3 is 0 Å². The molecule has 0 aliphatic carbocycles. The lowest BCUT2D eigenvalue weighted by Crippen LogP contribution is -2.28. The highest BCUT2D eigenvalue weighted by atomic mass is 16.5. The van der Waals surface area contributed by atoms with E-state index in [9.17, 15) is 4.79 Å². The van der Waals surface area contributed by atoms with Crippen LogP contribution in [0.5, 0.6) is 11.5 Å².